The number of aromatic nitrogens is 3. The van der Waals surface area contributed by atoms with Gasteiger partial charge in [-0.15, -0.1) is 0 Å². The molecule has 22 heavy (non-hydrogen) atoms. The van der Waals surface area contributed by atoms with E-state index in [9.17, 15) is 0 Å². The van der Waals surface area contributed by atoms with Gasteiger partial charge in [-0.05, 0) is 5.56 Å². The highest BCUT2D eigenvalue weighted by molar-refractivity contribution is 5.57. The highest BCUT2D eigenvalue weighted by Crippen LogP contribution is 2.21. The lowest BCUT2D eigenvalue weighted by molar-refractivity contribution is 0.143. The van der Waals surface area contributed by atoms with Crippen molar-refractivity contribution >= 4 is 5.52 Å². The number of benzene rings is 1. The third-order valence-electron chi connectivity index (χ3n) is 3.12. The number of fused-ring (bicyclic) bond motifs is 1. The van der Waals surface area contributed by atoms with Gasteiger partial charge < -0.3 is 14.2 Å². The topological polar surface area (TPSA) is 57.9 Å². The molecular formula is C16H17N3O3. The number of ether oxygens (including phenoxy) is 3. The van der Waals surface area contributed by atoms with Crippen molar-refractivity contribution < 1.29 is 14.2 Å². The lowest BCUT2D eigenvalue weighted by Gasteiger charge is -2.06. The van der Waals surface area contributed by atoms with Gasteiger partial charge in [0.05, 0.1) is 25.2 Å². The highest BCUT2D eigenvalue weighted by Gasteiger charge is 2.07. The van der Waals surface area contributed by atoms with E-state index in [-0.39, 0.29) is 0 Å². The zero-order valence-corrected chi connectivity index (χ0v) is 12.3. The van der Waals surface area contributed by atoms with Gasteiger partial charge in [-0.25, -0.2) is 9.50 Å². The molecule has 0 atom stereocenters. The van der Waals surface area contributed by atoms with Crippen LogP contribution in [0.5, 0.6) is 11.6 Å². The summed E-state index contributed by atoms with van der Waals surface area (Å²) >= 11 is 0. The number of hydrogen-bond donors (Lipinski definition) is 0. The van der Waals surface area contributed by atoms with Gasteiger partial charge in [0.15, 0.2) is 5.75 Å². The first kappa shape index (κ1) is 14.3. The lowest BCUT2D eigenvalue weighted by Crippen LogP contribution is -2.06. The van der Waals surface area contributed by atoms with E-state index in [2.05, 4.69) is 10.1 Å². The van der Waals surface area contributed by atoms with Crippen LogP contribution in [0, 0.1) is 0 Å². The second-order valence-electron chi connectivity index (χ2n) is 4.68. The summed E-state index contributed by atoms with van der Waals surface area (Å²) in [4.78, 5) is 4.25. The maximum atomic E-state index is 5.80. The van der Waals surface area contributed by atoms with E-state index >= 15 is 0 Å². The third kappa shape index (κ3) is 3.35. The molecule has 0 aliphatic heterocycles. The standard InChI is InChI=1S/C16H17N3O3/c1-20-7-8-21-16-11-19-14(9-17-16)15(10-18-19)22-12-13-5-3-2-4-6-13/h2-6,9-11H,7-8,12H2,1H3. The highest BCUT2D eigenvalue weighted by atomic mass is 16.5. The maximum absolute atomic E-state index is 5.80. The summed E-state index contributed by atoms with van der Waals surface area (Å²) in [6.07, 6.45) is 5.09. The van der Waals surface area contributed by atoms with E-state index < -0.39 is 0 Å². The number of nitrogens with zero attached hydrogens (tertiary/aromatic N) is 3. The molecule has 0 spiro atoms. The smallest absolute Gasteiger partial charge is 0.232 e. The Morgan fingerprint density at radius 1 is 1.05 bits per heavy atom. The first-order chi connectivity index (χ1) is 10.9. The average Bonchev–Trinajstić information content (AvgIpc) is 2.96. The zero-order valence-electron chi connectivity index (χ0n) is 12.3. The minimum atomic E-state index is 0.452. The van der Waals surface area contributed by atoms with Crippen molar-refractivity contribution in [2.24, 2.45) is 0 Å². The van der Waals surface area contributed by atoms with Crippen molar-refractivity contribution in [1.29, 1.82) is 0 Å². The van der Waals surface area contributed by atoms with E-state index in [0.717, 1.165) is 11.1 Å². The molecule has 0 fully saturated rings. The molecule has 3 rings (SSSR count). The summed E-state index contributed by atoms with van der Waals surface area (Å²) < 4.78 is 17.9. The fraction of sp³-hybridized carbons (Fsp3) is 0.250. The molecule has 6 heteroatoms. The molecule has 0 unspecified atom stereocenters. The van der Waals surface area contributed by atoms with Crippen LogP contribution in [0.4, 0.5) is 0 Å². The molecule has 1 aromatic carbocycles. The molecule has 0 bridgehead atoms. The quantitative estimate of drug-likeness (QED) is 0.627. The molecule has 0 radical (unpaired) electrons. The predicted molar refractivity (Wildman–Crippen MR) is 81.1 cm³/mol. The molecule has 0 aliphatic rings. The van der Waals surface area contributed by atoms with Crippen LogP contribution < -0.4 is 9.47 Å². The van der Waals surface area contributed by atoms with Crippen LogP contribution in [-0.2, 0) is 11.3 Å². The minimum absolute atomic E-state index is 0.452. The van der Waals surface area contributed by atoms with Crippen molar-refractivity contribution in [2.75, 3.05) is 20.3 Å². The van der Waals surface area contributed by atoms with E-state index in [4.69, 9.17) is 14.2 Å². The Hall–Kier alpha value is -2.60. The van der Waals surface area contributed by atoms with Gasteiger partial charge in [0.2, 0.25) is 5.88 Å². The van der Waals surface area contributed by atoms with Gasteiger partial charge in [0.1, 0.15) is 18.7 Å². The Kier molecular flexibility index (Phi) is 4.50. The summed E-state index contributed by atoms with van der Waals surface area (Å²) in [7, 11) is 1.63. The molecule has 2 heterocycles. The van der Waals surface area contributed by atoms with Crippen LogP contribution in [0.25, 0.3) is 5.52 Å². The van der Waals surface area contributed by atoms with Crippen molar-refractivity contribution in [2.45, 2.75) is 6.61 Å². The Morgan fingerprint density at radius 3 is 2.73 bits per heavy atom. The van der Waals surface area contributed by atoms with Crippen LogP contribution in [0.1, 0.15) is 5.56 Å². The molecule has 0 aliphatic carbocycles. The van der Waals surface area contributed by atoms with Gasteiger partial charge in [-0.3, -0.25) is 0 Å². The second kappa shape index (κ2) is 6.91. The fourth-order valence-electron chi connectivity index (χ4n) is 1.99. The maximum Gasteiger partial charge on any atom is 0.232 e. The third-order valence-corrected chi connectivity index (χ3v) is 3.12. The molecule has 0 saturated heterocycles. The normalized spacial score (nSPS) is 10.8. The van der Waals surface area contributed by atoms with Gasteiger partial charge >= 0.3 is 0 Å². The van der Waals surface area contributed by atoms with Crippen molar-refractivity contribution in [3.8, 4) is 11.6 Å². The zero-order chi connectivity index (χ0) is 15.2. The Balaban J connectivity index is 1.69. The van der Waals surface area contributed by atoms with Crippen molar-refractivity contribution in [1.82, 2.24) is 14.6 Å². The van der Waals surface area contributed by atoms with E-state index in [1.165, 1.54) is 0 Å². The minimum Gasteiger partial charge on any atom is -0.485 e. The number of rotatable bonds is 7. The summed E-state index contributed by atoms with van der Waals surface area (Å²) in [5, 5.41) is 4.26. The van der Waals surface area contributed by atoms with Crippen molar-refractivity contribution in [3.05, 3.63) is 54.5 Å². The van der Waals surface area contributed by atoms with E-state index in [1.54, 1.807) is 30.2 Å². The predicted octanol–water partition coefficient (Wildman–Crippen LogP) is 2.33. The molecule has 2 aromatic heterocycles. The van der Waals surface area contributed by atoms with Crippen LogP contribution in [0.3, 0.4) is 0 Å². The van der Waals surface area contributed by atoms with Crippen LogP contribution in [-0.4, -0.2) is 34.9 Å². The molecule has 0 amide bonds. The fourth-order valence-corrected chi connectivity index (χ4v) is 1.99. The van der Waals surface area contributed by atoms with Crippen LogP contribution >= 0.6 is 0 Å². The molecule has 0 saturated carbocycles. The van der Waals surface area contributed by atoms with E-state index in [0.29, 0.717) is 31.5 Å². The first-order valence-electron chi connectivity index (χ1n) is 6.98. The van der Waals surface area contributed by atoms with Gasteiger partial charge in [0.25, 0.3) is 0 Å². The molecule has 114 valence electrons. The Morgan fingerprint density at radius 2 is 1.91 bits per heavy atom. The van der Waals surface area contributed by atoms with Gasteiger partial charge in [0, 0.05) is 7.11 Å². The lowest BCUT2D eigenvalue weighted by atomic mass is 10.2. The van der Waals surface area contributed by atoms with Gasteiger partial charge in [-0.2, -0.15) is 5.10 Å². The Labute approximate surface area is 128 Å². The van der Waals surface area contributed by atoms with Gasteiger partial charge in [-0.1, -0.05) is 30.3 Å². The Bertz CT molecular complexity index is 728. The average molecular weight is 299 g/mol. The largest absolute Gasteiger partial charge is 0.485 e. The number of methoxy groups -OCH3 is 1. The van der Waals surface area contributed by atoms with Crippen LogP contribution in [0.15, 0.2) is 48.9 Å². The molecule has 3 aromatic rings. The molecule has 6 nitrogen and oxygen atoms in total. The van der Waals surface area contributed by atoms with Crippen LogP contribution in [0.2, 0.25) is 0 Å². The van der Waals surface area contributed by atoms with E-state index in [1.807, 2.05) is 30.3 Å². The first-order valence-corrected chi connectivity index (χ1v) is 6.98. The summed E-state index contributed by atoms with van der Waals surface area (Å²) in [6, 6.07) is 9.99. The summed E-state index contributed by atoms with van der Waals surface area (Å²) in [6.45, 7) is 1.46. The molecule has 0 N–H and O–H groups in total. The monoisotopic (exact) mass is 299 g/mol. The second-order valence-corrected chi connectivity index (χ2v) is 4.68. The SMILES string of the molecule is COCCOc1cn2ncc(OCc3ccccc3)c2cn1. The number of hydrogen-bond acceptors (Lipinski definition) is 5. The van der Waals surface area contributed by atoms with Crippen molar-refractivity contribution in [3.63, 3.8) is 0 Å². The summed E-state index contributed by atoms with van der Waals surface area (Å²) in [5.74, 6) is 1.20. The summed E-state index contributed by atoms with van der Waals surface area (Å²) in [5.41, 5.74) is 1.91. The molecular weight excluding hydrogens is 282 g/mol.